The van der Waals surface area contributed by atoms with Crippen molar-refractivity contribution in [1.29, 1.82) is 0 Å². The summed E-state index contributed by atoms with van der Waals surface area (Å²) >= 11 is 3.53. The number of ether oxygens (including phenoxy) is 1. The van der Waals surface area contributed by atoms with Crippen LogP contribution in [0.1, 0.15) is 93.4 Å². The molecule has 0 radical (unpaired) electrons. The molecule has 1 aromatic carbocycles. The highest BCUT2D eigenvalue weighted by molar-refractivity contribution is 7.79. The van der Waals surface area contributed by atoms with Crippen LogP contribution in [0.5, 0.6) is 5.75 Å². The van der Waals surface area contributed by atoms with Crippen LogP contribution in [0.2, 0.25) is 0 Å². The molecule has 1 aliphatic heterocycles. The second-order valence-electron chi connectivity index (χ2n) is 9.27. The van der Waals surface area contributed by atoms with Gasteiger partial charge in [-0.1, -0.05) is 38.7 Å². The fraction of sp³-hybridized carbons (Fsp3) is 0.750. The molecule has 0 amide bonds. The van der Waals surface area contributed by atoms with Gasteiger partial charge in [0.05, 0.1) is 0 Å². The summed E-state index contributed by atoms with van der Waals surface area (Å²) < 4.78 is 6.76. The minimum Gasteiger partial charge on any atom is -0.486 e. The van der Waals surface area contributed by atoms with Crippen molar-refractivity contribution >= 4 is 12.6 Å². The van der Waals surface area contributed by atoms with Crippen LogP contribution >= 0.6 is 12.6 Å². The van der Waals surface area contributed by atoms with E-state index in [-0.39, 0.29) is 5.60 Å². The Bertz CT molecular complexity index is 598. The Labute approximate surface area is 165 Å². The van der Waals surface area contributed by atoms with Crippen molar-refractivity contribution in [3.05, 3.63) is 28.3 Å². The van der Waals surface area contributed by atoms with Crippen LogP contribution in [0.25, 0.3) is 0 Å². The number of thiol groups is 1. The lowest BCUT2D eigenvalue weighted by Gasteiger charge is -2.34. The van der Waals surface area contributed by atoms with E-state index in [4.69, 9.17) is 4.74 Å². The molecule has 1 aromatic rings. The lowest BCUT2D eigenvalue weighted by atomic mass is 9.72. The fourth-order valence-electron chi connectivity index (χ4n) is 6.47. The summed E-state index contributed by atoms with van der Waals surface area (Å²) in [5.74, 6) is 1.33. The highest BCUT2D eigenvalue weighted by Crippen LogP contribution is 2.53. The predicted molar refractivity (Wildman–Crippen MR) is 114 cm³/mol. The third kappa shape index (κ3) is 3.11. The van der Waals surface area contributed by atoms with Gasteiger partial charge in [-0.2, -0.15) is 12.6 Å². The maximum Gasteiger partial charge on any atom is 0.126 e. The van der Waals surface area contributed by atoms with Gasteiger partial charge >= 0.3 is 0 Å². The van der Waals surface area contributed by atoms with E-state index in [2.05, 4.69) is 25.6 Å². The van der Waals surface area contributed by atoms with Gasteiger partial charge in [0.25, 0.3) is 0 Å². The molecule has 3 aliphatic carbocycles. The van der Waals surface area contributed by atoms with Gasteiger partial charge in [0, 0.05) is 6.42 Å². The zero-order valence-electron chi connectivity index (χ0n) is 16.8. The molecule has 2 saturated carbocycles. The van der Waals surface area contributed by atoms with Crippen molar-refractivity contribution < 1.29 is 4.74 Å². The molecule has 1 nitrogen and oxygen atoms in total. The van der Waals surface area contributed by atoms with Crippen LogP contribution in [-0.2, 0) is 25.7 Å². The maximum absolute atomic E-state index is 6.76. The number of fused-ring (bicyclic) bond motifs is 2. The maximum atomic E-state index is 6.76. The number of hydrogen-bond donors (Lipinski definition) is 1. The Morgan fingerprint density at radius 1 is 0.846 bits per heavy atom. The average molecular weight is 373 g/mol. The van der Waals surface area contributed by atoms with Crippen molar-refractivity contribution in [2.24, 2.45) is 5.41 Å². The summed E-state index contributed by atoms with van der Waals surface area (Å²) in [4.78, 5) is 0. The van der Waals surface area contributed by atoms with Gasteiger partial charge in [0.1, 0.15) is 11.4 Å². The molecule has 2 heteroatoms. The lowest BCUT2D eigenvalue weighted by molar-refractivity contribution is 0.0520. The highest BCUT2D eigenvalue weighted by Gasteiger charge is 2.45. The summed E-state index contributed by atoms with van der Waals surface area (Å²) in [5, 5.41) is 0. The van der Waals surface area contributed by atoms with E-state index < -0.39 is 0 Å². The quantitative estimate of drug-likeness (QED) is 0.555. The van der Waals surface area contributed by atoms with Gasteiger partial charge < -0.3 is 4.74 Å². The van der Waals surface area contributed by atoms with Crippen LogP contribution in [0, 0.1) is 5.41 Å². The number of benzene rings is 1. The Kier molecular flexibility index (Phi) is 5.34. The highest BCUT2D eigenvalue weighted by atomic mass is 32.1. The van der Waals surface area contributed by atoms with Crippen LogP contribution in [-0.4, -0.2) is 11.9 Å². The SMILES string of the molecule is CCc1c2c(cc3c1OC1(CCCCC1)C3)CC1(CCCCC1)C2.CS. The van der Waals surface area contributed by atoms with E-state index in [0.717, 1.165) is 6.42 Å². The smallest absolute Gasteiger partial charge is 0.126 e. The normalized spacial score (nSPS) is 24.6. The first-order valence-corrected chi connectivity index (χ1v) is 11.9. The first-order valence-electron chi connectivity index (χ1n) is 11.0. The number of hydrogen-bond acceptors (Lipinski definition) is 2. The van der Waals surface area contributed by atoms with Crippen molar-refractivity contribution in [2.75, 3.05) is 6.26 Å². The molecule has 144 valence electrons. The van der Waals surface area contributed by atoms with E-state index in [1.54, 1.807) is 28.5 Å². The Balaban J connectivity index is 0.000000814. The van der Waals surface area contributed by atoms with Crippen molar-refractivity contribution in [2.45, 2.75) is 102 Å². The summed E-state index contributed by atoms with van der Waals surface area (Å²) in [6.07, 6.45) is 20.7. The molecule has 0 unspecified atom stereocenters. The minimum atomic E-state index is 0.169. The molecule has 0 N–H and O–H groups in total. The lowest BCUT2D eigenvalue weighted by Crippen LogP contribution is -2.36. The standard InChI is InChI=1S/C23H32O.CH4S/c1-2-19-20-16-22(9-5-3-6-10-22)14-17(20)13-18-15-23(24-21(18)19)11-7-4-8-12-23;1-2/h13H,2-12,14-16H2,1H3;2H,1H3. The molecule has 0 aromatic heterocycles. The molecule has 0 saturated heterocycles. The third-order valence-corrected chi connectivity index (χ3v) is 7.65. The van der Waals surface area contributed by atoms with E-state index in [9.17, 15) is 0 Å². The molecular weight excluding hydrogens is 336 g/mol. The first kappa shape index (κ1) is 18.7. The Morgan fingerprint density at radius 3 is 2.15 bits per heavy atom. The van der Waals surface area contributed by atoms with Crippen molar-refractivity contribution in [3.8, 4) is 5.75 Å². The molecule has 4 aliphatic rings. The van der Waals surface area contributed by atoms with E-state index in [1.807, 2.05) is 0 Å². The fourth-order valence-corrected chi connectivity index (χ4v) is 6.47. The van der Waals surface area contributed by atoms with Gasteiger partial charge in [0.2, 0.25) is 0 Å². The molecule has 2 fully saturated rings. The van der Waals surface area contributed by atoms with E-state index >= 15 is 0 Å². The van der Waals surface area contributed by atoms with Crippen LogP contribution in [0.4, 0.5) is 0 Å². The molecule has 2 spiro atoms. The van der Waals surface area contributed by atoms with Gasteiger partial charge in [-0.15, -0.1) is 0 Å². The summed E-state index contributed by atoms with van der Waals surface area (Å²) in [5.41, 5.74) is 7.33. The van der Waals surface area contributed by atoms with Crippen molar-refractivity contribution in [3.63, 3.8) is 0 Å². The van der Waals surface area contributed by atoms with E-state index in [1.165, 1.54) is 89.2 Å². The molecule has 5 rings (SSSR count). The van der Waals surface area contributed by atoms with Gasteiger partial charge in [-0.25, -0.2) is 0 Å². The Morgan fingerprint density at radius 2 is 1.50 bits per heavy atom. The van der Waals surface area contributed by atoms with E-state index in [0.29, 0.717) is 5.41 Å². The van der Waals surface area contributed by atoms with Crippen LogP contribution in [0.15, 0.2) is 6.07 Å². The first-order chi connectivity index (χ1) is 12.7. The average Bonchev–Trinajstić information content (AvgIpc) is 3.19. The number of rotatable bonds is 1. The second kappa shape index (κ2) is 7.41. The predicted octanol–water partition coefficient (Wildman–Crippen LogP) is 6.48. The summed E-state index contributed by atoms with van der Waals surface area (Å²) in [6.45, 7) is 2.34. The summed E-state index contributed by atoms with van der Waals surface area (Å²) in [7, 11) is 0. The topological polar surface area (TPSA) is 9.23 Å². The molecule has 26 heavy (non-hydrogen) atoms. The largest absolute Gasteiger partial charge is 0.486 e. The van der Waals surface area contributed by atoms with Gasteiger partial charge in [0.15, 0.2) is 0 Å². The minimum absolute atomic E-state index is 0.169. The van der Waals surface area contributed by atoms with Crippen LogP contribution in [0.3, 0.4) is 0 Å². The van der Waals surface area contributed by atoms with Crippen LogP contribution < -0.4 is 4.74 Å². The molecule has 0 atom stereocenters. The van der Waals surface area contributed by atoms with Gasteiger partial charge in [-0.3, -0.25) is 0 Å². The third-order valence-electron chi connectivity index (χ3n) is 7.65. The summed E-state index contributed by atoms with van der Waals surface area (Å²) in [6, 6.07) is 2.58. The molecule has 0 bridgehead atoms. The Hall–Kier alpha value is -0.630. The second-order valence-corrected chi connectivity index (χ2v) is 9.27. The van der Waals surface area contributed by atoms with Gasteiger partial charge in [-0.05, 0) is 91.7 Å². The molecular formula is C24H36OS. The molecule has 1 heterocycles. The monoisotopic (exact) mass is 372 g/mol. The zero-order chi connectivity index (χ0) is 18.2. The zero-order valence-corrected chi connectivity index (χ0v) is 17.7. The van der Waals surface area contributed by atoms with Crippen molar-refractivity contribution in [1.82, 2.24) is 0 Å².